The normalized spacial score (nSPS) is 16.1. The molecule has 1 N–H and O–H groups in total. The molecule has 1 amide bonds. The lowest BCUT2D eigenvalue weighted by atomic mass is 9.79. The Morgan fingerprint density at radius 2 is 2.00 bits per heavy atom. The molecule has 5 nitrogen and oxygen atoms in total. The van der Waals surface area contributed by atoms with Crippen molar-refractivity contribution in [1.29, 1.82) is 0 Å². The molecule has 0 aliphatic heterocycles. The zero-order chi connectivity index (χ0) is 16.1. The molecule has 0 radical (unpaired) electrons. The van der Waals surface area contributed by atoms with E-state index in [1.54, 1.807) is 13.1 Å². The maximum atomic E-state index is 12.0. The molecule has 0 heterocycles. The first-order valence-electron chi connectivity index (χ1n) is 8.13. The number of carbonyl (C=O) groups is 1. The second kappa shape index (κ2) is 11.5. The summed E-state index contributed by atoms with van der Waals surface area (Å²) in [5.41, 5.74) is -0.732. The molecule has 1 aliphatic rings. The van der Waals surface area contributed by atoms with Crippen LogP contribution in [0.15, 0.2) is 5.16 Å². The maximum Gasteiger partial charge on any atom is 0.267 e. The lowest BCUT2D eigenvalue weighted by Gasteiger charge is -2.37. The number of oxime groups is 1. The van der Waals surface area contributed by atoms with Gasteiger partial charge in [0.25, 0.3) is 5.91 Å². The molecule has 1 fully saturated rings. The molecule has 0 saturated heterocycles. The minimum atomic E-state index is -0.732. The Morgan fingerprint density at radius 1 is 1.33 bits per heavy atom. The van der Waals surface area contributed by atoms with E-state index < -0.39 is 5.60 Å². The van der Waals surface area contributed by atoms with E-state index in [0.29, 0.717) is 19.1 Å². The monoisotopic (exact) mass is 300 g/mol. The van der Waals surface area contributed by atoms with Gasteiger partial charge in [-0.15, -0.1) is 0 Å². The molecule has 0 bridgehead atoms. The van der Waals surface area contributed by atoms with Crippen molar-refractivity contribution in [2.75, 3.05) is 19.8 Å². The quantitative estimate of drug-likeness (QED) is 0.404. The third-order valence-corrected chi connectivity index (χ3v) is 3.28. The molecular weight excluding hydrogens is 268 g/mol. The fraction of sp³-hybridized carbons (Fsp3) is 0.875. The molecule has 0 aromatic heterocycles. The molecule has 1 aliphatic carbocycles. The van der Waals surface area contributed by atoms with Gasteiger partial charge in [0, 0.05) is 19.4 Å². The van der Waals surface area contributed by atoms with E-state index in [1.165, 1.54) is 0 Å². The topological polar surface area (TPSA) is 59.9 Å². The Balaban J connectivity index is 0.00000191. The summed E-state index contributed by atoms with van der Waals surface area (Å²) in [7, 11) is 0. The molecule has 0 atom stereocenters. The van der Waals surface area contributed by atoms with Crippen molar-refractivity contribution in [3.63, 3.8) is 0 Å². The zero-order valence-corrected chi connectivity index (χ0v) is 14.3. The Bertz CT molecular complexity index is 300. The van der Waals surface area contributed by atoms with Crippen LogP contribution in [0.2, 0.25) is 0 Å². The third kappa shape index (κ3) is 7.46. The van der Waals surface area contributed by atoms with Gasteiger partial charge in [-0.25, -0.2) is 0 Å². The van der Waals surface area contributed by atoms with Crippen LogP contribution in [0.1, 0.15) is 60.3 Å². The van der Waals surface area contributed by atoms with Crippen LogP contribution in [0, 0.1) is 5.92 Å². The van der Waals surface area contributed by atoms with Crippen LogP contribution in [-0.4, -0.2) is 37.5 Å². The van der Waals surface area contributed by atoms with Gasteiger partial charge in [-0.05, 0) is 38.5 Å². The van der Waals surface area contributed by atoms with E-state index in [9.17, 15) is 4.79 Å². The summed E-state index contributed by atoms with van der Waals surface area (Å²) < 4.78 is 5.46. The summed E-state index contributed by atoms with van der Waals surface area (Å²) in [4.78, 5) is 17.3. The molecule has 0 aromatic rings. The largest absolute Gasteiger partial charge is 0.380 e. The molecule has 1 rings (SSSR count). The molecule has 1 saturated carbocycles. The predicted molar refractivity (Wildman–Crippen MR) is 86.5 cm³/mol. The van der Waals surface area contributed by atoms with E-state index in [4.69, 9.17) is 9.57 Å². The number of rotatable bonds is 9. The van der Waals surface area contributed by atoms with Crippen LogP contribution < -0.4 is 5.32 Å². The summed E-state index contributed by atoms with van der Waals surface area (Å²) in [5, 5.41) is 6.61. The average Bonchev–Trinajstić information content (AvgIpc) is 2.43. The lowest BCUT2D eigenvalue weighted by Crippen LogP contribution is -2.53. The Morgan fingerprint density at radius 3 is 2.48 bits per heavy atom. The van der Waals surface area contributed by atoms with E-state index in [1.807, 2.05) is 13.8 Å². The molecule has 0 unspecified atom stereocenters. The van der Waals surface area contributed by atoms with Gasteiger partial charge in [0.1, 0.15) is 0 Å². The summed E-state index contributed by atoms with van der Waals surface area (Å²) in [6.45, 7) is 11.9. The second-order valence-electron chi connectivity index (χ2n) is 5.35. The highest BCUT2D eigenvalue weighted by Gasteiger charge is 2.47. The number of ether oxygens (including phenoxy) is 1. The highest BCUT2D eigenvalue weighted by molar-refractivity contribution is 5.86. The average molecular weight is 300 g/mol. The number of carbonyl (C=O) groups excluding carboxylic acids is 1. The summed E-state index contributed by atoms with van der Waals surface area (Å²) >= 11 is 0. The highest BCUT2D eigenvalue weighted by atomic mass is 16.7. The molecular formula is C16H32N2O3. The molecule has 0 aromatic carbocycles. The Labute approximate surface area is 129 Å². The molecule has 0 spiro atoms. The first kappa shape index (κ1) is 19.9. The number of nitrogens with zero attached hydrogens (tertiary/aromatic N) is 1. The first-order chi connectivity index (χ1) is 10.1. The lowest BCUT2D eigenvalue weighted by molar-refractivity contribution is -0.160. The van der Waals surface area contributed by atoms with Gasteiger partial charge in [0.2, 0.25) is 5.60 Å². The fourth-order valence-electron chi connectivity index (χ4n) is 1.83. The summed E-state index contributed by atoms with van der Waals surface area (Å²) in [5.74, 6) is 0.574. The standard InChI is InChI=1S/C14H26N2O3.C2H6/c1-4-16-19-14(7-5-8-14)13(17)15-9-11-18-10-6-12(2)3;1-2/h4,12H,5-11H2,1-3H3,(H,15,17);1-2H3/b16-4+;. The number of hydrogen-bond acceptors (Lipinski definition) is 4. The van der Waals surface area contributed by atoms with Crippen molar-refractivity contribution in [3.8, 4) is 0 Å². The molecule has 21 heavy (non-hydrogen) atoms. The van der Waals surface area contributed by atoms with Gasteiger partial charge in [-0.3, -0.25) is 4.79 Å². The van der Waals surface area contributed by atoms with E-state index in [-0.39, 0.29) is 5.91 Å². The molecule has 124 valence electrons. The Hall–Kier alpha value is -1.10. The Kier molecular flexibility index (Phi) is 10.9. The van der Waals surface area contributed by atoms with Crippen LogP contribution >= 0.6 is 0 Å². The van der Waals surface area contributed by atoms with Gasteiger partial charge >= 0.3 is 0 Å². The first-order valence-corrected chi connectivity index (χ1v) is 8.13. The van der Waals surface area contributed by atoms with Gasteiger partial charge in [0.15, 0.2) is 0 Å². The van der Waals surface area contributed by atoms with Crippen LogP contribution in [0.25, 0.3) is 0 Å². The van der Waals surface area contributed by atoms with Crippen molar-refractivity contribution in [2.45, 2.75) is 65.9 Å². The predicted octanol–water partition coefficient (Wildman–Crippen LogP) is 3.14. The minimum absolute atomic E-state index is 0.0724. The highest BCUT2D eigenvalue weighted by Crippen LogP contribution is 2.35. The SMILES string of the molecule is C/C=N/OC1(C(=O)NCCOCCC(C)C)CCC1.CC. The van der Waals surface area contributed by atoms with Gasteiger partial charge in [-0.1, -0.05) is 32.9 Å². The van der Waals surface area contributed by atoms with Gasteiger partial charge in [-0.2, -0.15) is 0 Å². The van der Waals surface area contributed by atoms with Crippen LogP contribution in [0.5, 0.6) is 0 Å². The number of amides is 1. The number of nitrogens with one attached hydrogen (secondary N) is 1. The van der Waals surface area contributed by atoms with Crippen molar-refractivity contribution in [2.24, 2.45) is 11.1 Å². The maximum absolute atomic E-state index is 12.0. The van der Waals surface area contributed by atoms with Gasteiger partial charge in [0.05, 0.1) is 6.61 Å². The van der Waals surface area contributed by atoms with Crippen molar-refractivity contribution < 1.29 is 14.4 Å². The van der Waals surface area contributed by atoms with E-state index >= 15 is 0 Å². The van der Waals surface area contributed by atoms with Crippen molar-refractivity contribution >= 4 is 12.1 Å². The van der Waals surface area contributed by atoms with E-state index in [0.717, 1.165) is 32.3 Å². The zero-order valence-electron chi connectivity index (χ0n) is 14.3. The second-order valence-corrected chi connectivity index (χ2v) is 5.35. The minimum Gasteiger partial charge on any atom is -0.380 e. The van der Waals surface area contributed by atoms with Gasteiger partial charge < -0.3 is 14.9 Å². The van der Waals surface area contributed by atoms with Crippen LogP contribution in [-0.2, 0) is 14.4 Å². The van der Waals surface area contributed by atoms with Crippen LogP contribution in [0.3, 0.4) is 0 Å². The summed E-state index contributed by atoms with van der Waals surface area (Å²) in [6.07, 6.45) is 5.10. The smallest absolute Gasteiger partial charge is 0.267 e. The van der Waals surface area contributed by atoms with Crippen LogP contribution in [0.4, 0.5) is 0 Å². The number of hydrogen-bond donors (Lipinski definition) is 1. The fourth-order valence-corrected chi connectivity index (χ4v) is 1.83. The van der Waals surface area contributed by atoms with E-state index in [2.05, 4.69) is 24.3 Å². The van der Waals surface area contributed by atoms with Crippen molar-refractivity contribution in [3.05, 3.63) is 0 Å². The summed E-state index contributed by atoms with van der Waals surface area (Å²) in [6, 6.07) is 0. The third-order valence-electron chi connectivity index (χ3n) is 3.28. The molecule has 5 heteroatoms. The van der Waals surface area contributed by atoms with Crippen molar-refractivity contribution in [1.82, 2.24) is 5.32 Å².